The van der Waals surface area contributed by atoms with Crippen LogP contribution in [0.15, 0.2) is 34.9 Å². The molecule has 0 bridgehead atoms. The minimum atomic E-state index is -0.0834. The molecular formula is C18H23N3O2. The fraction of sp³-hybridized carbons (Fsp3) is 0.500. The van der Waals surface area contributed by atoms with E-state index in [1.54, 1.807) is 0 Å². The van der Waals surface area contributed by atoms with Crippen LogP contribution in [0.5, 0.6) is 0 Å². The zero-order chi connectivity index (χ0) is 16.2. The summed E-state index contributed by atoms with van der Waals surface area (Å²) >= 11 is 0. The average Bonchev–Trinajstić information content (AvgIpc) is 3.05. The second kappa shape index (κ2) is 6.94. The maximum Gasteiger partial charge on any atom is 0.249 e. The summed E-state index contributed by atoms with van der Waals surface area (Å²) < 4.78 is 5.49. The topological polar surface area (TPSA) is 59.2 Å². The van der Waals surface area contributed by atoms with Crippen molar-refractivity contribution in [2.75, 3.05) is 6.54 Å². The normalized spacial score (nSPS) is 18.4. The molecule has 1 atom stereocenters. The van der Waals surface area contributed by atoms with Crippen molar-refractivity contribution in [3.63, 3.8) is 0 Å². The van der Waals surface area contributed by atoms with Gasteiger partial charge in [0.15, 0.2) is 0 Å². The van der Waals surface area contributed by atoms with Gasteiger partial charge < -0.3 is 9.42 Å². The van der Waals surface area contributed by atoms with E-state index in [2.05, 4.69) is 24.0 Å². The van der Waals surface area contributed by atoms with E-state index in [1.807, 2.05) is 35.2 Å². The molecule has 0 spiro atoms. The number of rotatable bonds is 4. The van der Waals surface area contributed by atoms with Gasteiger partial charge in [0.05, 0.1) is 0 Å². The van der Waals surface area contributed by atoms with E-state index in [4.69, 9.17) is 4.52 Å². The van der Waals surface area contributed by atoms with Gasteiger partial charge in [-0.1, -0.05) is 49.3 Å². The second-order valence-electron chi connectivity index (χ2n) is 6.52. The molecule has 122 valence electrons. The maximum absolute atomic E-state index is 12.5. The number of hydrogen-bond donors (Lipinski definition) is 0. The number of aromatic nitrogens is 2. The molecule has 0 N–H and O–H groups in total. The summed E-state index contributed by atoms with van der Waals surface area (Å²) in [6.07, 6.45) is 3.58. The molecule has 1 aliphatic rings. The Hall–Kier alpha value is -2.17. The van der Waals surface area contributed by atoms with Crippen molar-refractivity contribution >= 4 is 5.91 Å². The molecule has 1 amide bonds. The first kappa shape index (κ1) is 15.7. The molecule has 23 heavy (non-hydrogen) atoms. The second-order valence-corrected chi connectivity index (χ2v) is 6.52. The highest BCUT2D eigenvalue weighted by atomic mass is 16.5. The maximum atomic E-state index is 12.5. The monoisotopic (exact) mass is 313 g/mol. The highest BCUT2D eigenvalue weighted by Gasteiger charge is 2.32. The summed E-state index contributed by atoms with van der Waals surface area (Å²) in [5.74, 6) is 1.68. The molecule has 2 aromatic rings. The van der Waals surface area contributed by atoms with Crippen LogP contribution in [-0.4, -0.2) is 27.5 Å². The van der Waals surface area contributed by atoms with Crippen LogP contribution >= 0.6 is 0 Å². The predicted octanol–water partition coefficient (Wildman–Crippen LogP) is 3.84. The van der Waals surface area contributed by atoms with Crippen molar-refractivity contribution in [3.8, 4) is 11.4 Å². The van der Waals surface area contributed by atoms with Gasteiger partial charge in [-0.2, -0.15) is 4.98 Å². The number of likely N-dealkylation sites (tertiary alicyclic amines) is 1. The lowest BCUT2D eigenvalue weighted by atomic mass is 10.00. The fourth-order valence-corrected chi connectivity index (χ4v) is 3.03. The predicted molar refractivity (Wildman–Crippen MR) is 87.5 cm³/mol. The van der Waals surface area contributed by atoms with Crippen LogP contribution in [0.4, 0.5) is 0 Å². The third-order valence-electron chi connectivity index (χ3n) is 4.16. The van der Waals surface area contributed by atoms with Crippen molar-refractivity contribution in [1.29, 1.82) is 0 Å². The van der Waals surface area contributed by atoms with Crippen LogP contribution < -0.4 is 0 Å². The minimum Gasteiger partial charge on any atom is -0.337 e. The van der Waals surface area contributed by atoms with Crippen LogP contribution in [0.2, 0.25) is 0 Å². The number of hydrogen-bond acceptors (Lipinski definition) is 4. The molecule has 0 saturated carbocycles. The smallest absolute Gasteiger partial charge is 0.249 e. The highest BCUT2D eigenvalue weighted by Crippen LogP contribution is 2.32. The molecule has 1 unspecified atom stereocenters. The molecule has 3 rings (SSSR count). The van der Waals surface area contributed by atoms with Gasteiger partial charge in [0, 0.05) is 18.5 Å². The number of carbonyl (C=O) groups excluding carboxylic acids is 1. The standard InChI is InChI=1S/C18H23N3O2/c1-13(2)12-16(22)21-11-7-6-10-15(21)18-19-17(20-23-18)14-8-4-3-5-9-14/h3-5,8-9,13,15H,6-7,10-12H2,1-2H3. The van der Waals surface area contributed by atoms with Gasteiger partial charge in [-0.3, -0.25) is 4.79 Å². The van der Waals surface area contributed by atoms with Gasteiger partial charge in [0.25, 0.3) is 0 Å². The molecule has 0 aliphatic carbocycles. The largest absolute Gasteiger partial charge is 0.337 e. The molecule has 0 radical (unpaired) electrons. The minimum absolute atomic E-state index is 0.0834. The van der Waals surface area contributed by atoms with Crippen LogP contribution in [0.25, 0.3) is 11.4 Å². The highest BCUT2D eigenvalue weighted by molar-refractivity contribution is 5.77. The van der Waals surface area contributed by atoms with Gasteiger partial charge >= 0.3 is 0 Å². The van der Waals surface area contributed by atoms with E-state index in [0.29, 0.717) is 24.1 Å². The Morgan fingerprint density at radius 1 is 1.30 bits per heavy atom. The summed E-state index contributed by atoms with van der Waals surface area (Å²) in [5.41, 5.74) is 0.929. The summed E-state index contributed by atoms with van der Waals surface area (Å²) in [6, 6.07) is 9.68. The van der Waals surface area contributed by atoms with Crippen LogP contribution in [0.3, 0.4) is 0 Å². The van der Waals surface area contributed by atoms with E-state index in [0.717, 1.165) is 31.4 Å². The molecule has 1 aromatic carbocycles. The molecule has 1 aliphatic heterocycles. The number of carbonyl (C=O) groups is 1. The number of piperidine rings is 1. The Morgan fingerprint density at radius 3 is 2.83 bits per heavy atom. The fourth-order valence-electron chi connectivity index (χ4n) is 3.03. The zero-order valence-electron chi connectivity index (χ0n) is 13.7. The van der Waals surface area contributed by atoms with Crippen LogP contribution in [-0.2, 0) is 4.79 Å². The Morgan fingerprint density at radius 2 is 2.09 bits per heavy atom. The van der Waals surface area contributed by atoms with E-state index < -0.39 is 0 Å². The van der Waals surface area contributed by atoms with Crippen molar-refractivity contribution < 1.29 is 9.32 Å². The van der Waals surface area contributed by atoms with E-state index in [9.17, 15) is 4.79 Å². The summed E-state index contributed by atoms with van der Waals surface area (Å²) in [5, 5.41) is 4.09. The molecule has 1 aromatic heterocycles. The van der Waals surface area contributed by atoms with Crippen LogP contribution in [0.1, 0.15) is 51.5 Å². The molecule has 1 saturated heterocycles. The summed E-state index contributed by atoms with van der Waals surface area (Å²) in [6.45, 7) is 4.91. The Bertz CT molecular complexity index is 651. The molecule has 5 heteroatoms. The SMILES string of the molecule is CC(C)CC(=O)N1CCCCC1c1nc(-c2ccccc2)no1. The molecule has 5 nitrogen and oxygen atoms in total. The van der Waals surface area contributed by atoms with Crippen molar-refractivity contribution in [1.82, 2.24) is 15.0 Å². The van der Waals surface area contributed by atoms with Gasteiger partial charge in [-0.15, -0.1) is 0 Å². The first-order valence-electron chi connectivity index (χ1n) is 8.33. The lowest BCUT2D eigenvalue weighted by molar-refractivity contribution is -0.136. The van der Waals surface area contributed by atoms with Crippen molar-refractivity contribution in [2.24, 2.45) is 5.92 Å². The lowest BCUT2D eigenvalue weighted by Crippen LogP contribution is -2.39. The summed E-state index contributed by atoms with van der Waals surface area (Å²) in [7, 11) is 0. The number of benzene rings is 1. The Kier molecular flexibility index (Phi) is 4.74. The van der Waals surface area contributed by atoms with Gasteiger partial charge in [-0.05, 0) is 25.2 Å². The summed E-state index contributed by atoms with van der Waals surface area (Å²) in [4.78, 5) is 19.0. The number of amides is 1. The third-order valence-corrected chi connectivity index (χ3v) is 4.16. The van der Waals surface area contributed by atoms with Crippen LogP contribution in [0, 0.1) is 5.92 Å². The quantitative estimate of drug-likeness (QED) is 0.860. The molecule has 2 heterocycles. The molecule has 1 fully saturated rings. The Balaban J connectivity index is 1.81. The van der Waals surface area contributed by atoms with Crippen molar-refractivity contribution in [3.05, 3.63) is 36.2 Å². The lowest BCUT2D eigenvalue weighted by Gasteiger charge is -2.33. The van der Waals surface area contributed by atoms with E-state index >= 15 is 0 Å². The van der Waals surface area contributed by atoms with Gasteiger partial charge in [-0.25, -0.2) is 0 Å². The van der Waals surface area contributed by atoms with Gasteiger partial charge in [0.1, 0.15) is 6.04 Å². The van der Waals surface area contributed by atoms with E-state index in [1.165, 1.54) is 0 Å². The average molecular weight is 313 g/mol. The number of nitrogens with zero attached hydrogens (tertiary/aromatic N) is 3. The van der Waals surface area contributed by atoms with Crippen molar-refractivity contribution in [2.45, 2.75) is 45.6 Å². The molecular weight excluding hydrogens is 290 g/mol. The first-order valence-corrected chi connectivity index (χ1v) is 8.33. The zero-order valence-corrected chi connectivity index (χ0v) is 13.7. The third kappa shape index (κ3) is 3.60. The van der Waals surface area contributed by atoms with E-state index in [-0.39, 0.29) is 11.9 Å². The van der Waals surface area contributed by atoms with Gasteiger partial charge in [0.2, 0.25) is 17.6 Å². The Labute approximate surface area is 136 Å². The first-order chi connectivity index (χ1) is 11.1.